The number of esters is 2. The van der Waals surface area contributed by atoms with Crippen molar-refractivity contribution in [2.75, 3.05) is 34.3 Å². The molecule has 1 spiro atoms. The number of amides is 1. The Morgan fingerprint density at radius 3 is 2.27 bits per heavy atom. The van der Waals surface area contributed by atoms with Gasteiger partial charge in [0, 0.05) is 44.2 Å². The molecule has 0 aromatic heterocycles. The molecular weight excluding hydrogens is 669 g/mol. The molecule has 0 radical (unpaired) electrons. The molecule has 290 valence electrons. The summed E-state index contributed by atoms with van der Waals surface area (Å²) < 4.78 is 52.9. The minimum Gasteiger partial charge on any atom is -0.455 e. The van der Waals surface area contributed by atoms with E-state index in [9.17, 15) is 24.0 Å². The fraction of sp³-hybridized carbons (Fsp3) is 0.861. The lowest BCUT2D eigenvalue weighted by Gasteiger charge is -2.47. The molecule has 4 fully saturated rings. The number of nitrogens with zero attached hydrogens (tertiary/aromatic N) is 2. The predicted molar refractivity (Wildman–Crippen MR) is 181 cm³/mol. The number of hydrogen-bond acceptors (Lipinski definition) is 13. The Balaban J connectivity index is 1.81. The summed E-state index contributed by atoms with van der Waals surface area (Å²) in [5.41, 5.74) is -0.306. The molecule has 3 aliphatic heterocycles. The number of methoxy groups -OCH3 is 1. The third kappa shape index (κ3) is 7.55. The maximum Gasteiger partial charge on any atom is 0.410 e. The van der Waals surface area contributed by atoms with Crippen LogP contribution in [0.4, 0.5) is 9.18 Å². The summed E-state index contributed by atoms with van der Waals surface area (Å²) >= 11 is 0. The number of unbranched alkanes of at least 4 members (excludes halogenated alkanes) is 1. The molecule has 1 saturated carbocycles. The van der Waals surface area contributed by atoms with Crippen LogP contribution >= 0.6 is 0 Å². The number of likely N-dealkylation sites (N-methyl/N-ethyl adjacent to an activating group) is 1. The highest BCUT2D eigenvalue weighted by molar-refractivity contribution is 6.08. The van der Waals surface area contributed by atoms with Crippen molar-refractivity contribution in [2.24, 2.45) is 29.4 Å². The third-order valence-electron chi connectivity index (χ3n) is 11.6. The molecule has 51 heavy (non-hydrogen) atoms. The number of rotatable bonds is 9. The van der Waals surface area contributed by atoms with E-state index in [1.165, 1.54) is 25.9 Å². The summed E-state index contributed by atoms with van der Waals surface area (Å²) in [6, 6.07) is -1.17. The van der Waals surface area contributed by atoms with Gasteiger partial charge in [-0.05, 0) is 67.1 Å². The van der Waals surface area contributed by atoms with Crippen molar-refractivity contribution in [3.05, 3.63) is 0 Å². The molecule has 3 saturated heterocycles. The van der Waals surface area contributed by atoms with E-state index >= 15 is 4.39 Å². The molecule has 14 nitrogen and oxygen atoms in total. The number of ether oxygens (including phenoxy) is 6. The molecule has 3 heterocycles. The molecule has 2 N–H and O–H groups in total. The minimum absolute atomic E-state index is 0.000695. The van der Waals surface area contributed by atoms with Crippen LogP contribution in [0.1, 0.15) is 81.1 Å². The largest absolute Gasteiger partial charge is 0.455 e. The lowest BCUT2D eigenvalue weighted by atomic mass is 9.75. The van der Waals surface area contributed by atoms with Gasteiger partial charge in [0.05, 0.1) is 29.9 Å². The Labute approximate surface area is 300 Å². The van der Waals surface area contributed by atoms with Crippen LogP contribution in [-0.2, 0) is 47.6 Å². The van der Waals surface area contributed by atoms with Gasteiger partial charge in [0.2, 0.25) is 0 Å². The molecule has 1 amide bonds. The van der Waals surface area contributed by atoms with Crippen molar-refractivity contribution in [1.82, 2.24) is 9.80 Å². The smallest absolute Gasteiger partial charge is 0.410 e. The van der Waals surface area contributed by atoms with Crippen LogP contribution in [0, 0.1) is 23.7 Å². The van der Waals surface area contributed by atoms with Crippen molar-refractivity contribution >= 4 is 29.6 Å². The van der Waals surface area contributed by atoms with E-state index in [0.717, 1.165) is 6.92 Å². The number of hydrogen-bond donors (Lipinski definition) is 1. The Morgan fingerprint density at radius 2 is 1.71 bits per heavy atom. The van der Waals surface area contributed by atoms with Crippen LogP contribution in [0.25, 0.3) is 0 Å². The van der Waals surface area contributed by atoms with Gasteiger partial charge in [-0.2, -0.15) is 0 Å². The standard InChI is InChI=1S/C36H58FN3O11/c1-18-17-34(7,46-11)29(49-31-26(48-23(6)41)24(39(9)10)16-19(2)47-31)21(4)28(43)35(8,37)32(44)50-30-22(5)36(30)27(20(3)25(18)42)40(33(45)51-36)15-13-12-14-38/h18-22,24,26-27,29-31H,12-17,38H2,1-11H3/t18?,19?,20?,21?,22-,24?,26?,27+,29+,30?,31?,34-,35?,36?/m0/s1. The fourth-order valence-electron chi connectivity index (χ4n) is 8.66. The summed E-state index contributed by atoms with van der Waals surface area (Å²) in [5, 5.41) is 0. The van der Waals surface area contributed by atoms with E-state index < -0.39 is 95.0 Å². The second-order valence-electron chi connectivity index (χ2n) is 15.7. The topological polar surface area (TPSA) is 173 Å². The van der Waals surface area contributed by atoms with Gasteiger partial charge in [-0.1, -0.05) is 27.7 Å². The zero-order valence-electron chi connectivity index (χ0n) is 31.9. The average Bonchev–Trinajstić information content (AvgIpc) is 3.46. The van der Waals surface area contributed by atoms with Gasteiger partial charge in [-0.25, -0.2) is 14.0 Å². The van der Waals surface area contributed by atoms with Crippen LogP contribution in [-0.4, -0.2) is 133 Å². The number of nitrogens with two attached hydrogens (primary N) is 1. The van der Waals surface area contributed by atoms with Gasteiger partial charge in [0.15, 0.2) is 29.9 Å². The highest BCUT2D eigenvalue weighted by atomic mass is 19.1. The molecule has 0 aromatic carbocycles. The normalized spacial score (nSPS) is 43.6. The van der Waals surface area contributed by atoms with Crippen molar-refractivity contribution in [3.63, 3.8) is 0 Å². The summed E-state index contributed by atoms with van der Waals surface area (Å²) in [6.07, 6.45) is -3.92. The lowest BCUT2D eigenvalue weighted by molar-refractivity contribution is -0.298. The third-order valence-corrected chi connectivity index (χ3v) is 11.6. The molecule has 1 aliphatic carbocycles. The monoisotopic (exact) mass is 727 g/mol. The molecule has 15 heteroatoms. The van der Waals surface area contributed by atoms with Gasteiger partial charge in [-0.15, -0.1) is 0 Å². The second kappa shape index (κ2) is 15.3. The number of Topliss-reactive ketones (excluding diaryl/α,β-unsaturated/α-hetero) is 2. The van der Waals surface area contributed by atoms with Gasteiger partial charge < -0.3 is 44.0 Å². The van der Waals surface area contributed by atoms with Crippen LogP contribution < -0.4 is 5.73 Å². The average molecular weight is 728 g/mol. The molecule has 4 aliphatic rings. The van der Waals surface area contributed by atoms with Crippen LogP contribution in [0.2, 0.25) is 0 Å². The van der Waals surface area contributed by atoms with Crippen molar-refractivity contribution in [3.8, 4) is 0 Å². The maximum atomic E-state index is 16.7. The highest BCUT2D eigenvalue weighted by Gasteiger charge is 2.79. The van der Waals surface area contributed by atoms with Gasteiger partial charge >= 0.3 is 18.0 Å². The SMILES string of the molecule is CO[C@@]1(C)CC(C)C(=O)C(C)[C@H]2N(CCCCN)C(=O)OC23C(OC(=O)C(C)(F)C(=O)C(C)[C@H]1OC1OC(C)CC(N(C)C)C1OC(C)=O)[C@@H]3C. The number of alkyl halides is 1. The molecule has 0 aromatic rings. The summed E-state index contributed by atoms with van der Waals surface area (Å²) in [4.78, 5) is 71.3. The maximum absolute atomic E-state index is 16.7. The zero-order chi connectivity index (χ0) is 38.4. The zero-order valence-corrected chi connectivity index (χ0v) is 31.9. The van der Waals surface area contributed by atoms with Gasteiger partial charge in [0.1, 0.15) is 5.78 Å². The summed E-state index contributed by atoms with van der Waals surface area (Å²) in [6.45, 7) is 12.8. The summed E-state index contributed by atoms with van der Waals surface area (Å²) in [7, 11) is 5.05. The van der Waals surface area contributed by atoms with Crippen LogP contribution in [0.15, 0.2) is 0 Å². The van der Waals surface area contributed by atoms with E-state index in [1.54, 1.807) is 27.7 Å². The van der Waals surface area contributed by atoms with Gasteiger partial charge in [0.25, 0.3) is 5.67 Å². The van der Waals surface area contributed by atoms with Crippen molar-refractivity contribution in [1.29, 1.82) is 0 Å². The lowest BCUT2D eigenvalue weighted by Crippen LogP contribution is -2.61. The number of carbonyl (C=O) groups excluding carboxylic acids is 5. The Bertz CT molecular complexity index is 1350. The minimum atomic E-state index is -3.16. The first-order chi connectivity index (χ1) is 23.7. The van der Waals surface area contributed by atoms with Crippen LogP contribution in [0.5, 0.6) is 0 Å². The summed E-state index contributed by atoms with van der Waals surface area (Å²) in [5.74, 6) is -6.85. The van der Waals surface area contributed by atoms with E-state index in [4.69, 9.17) is 34.2 Å². The van der Waals surface area contributed by atoms with E-state index in [-0.39, 0.29) is 30.9 Å². The predicted octanol–water partition coefficient (Wildman–Crippen LogP) is 2.81. The van der Waals surface area contributed by atoms with E-state index in [1.807, 2.05) is 25.9 Å². The Morgan fingerprint density at radius 1 is 1.06 bits per heavy atom. The molecule has 10 unspecified atom stereocenters. The highest BCUT2D eigenvalue weighted by Crippen LogP contribution is 2.59. The Kier molecular flexibility index (Phi) is 12.3. The fourth-order valence-corrected chi connectivity index (χ4v) is 8.66. The number of halogens is 1. The number of ketones is 2. The number of carbonyl (C=O) groups is 5. The van der Waals surface area contributed by atoms with E-state index in [2.05, 4.69) is 0 Å². The van der Waals surface area contributed by atoms with Gasteiger partial charge in [-0.3, -0.25) is 14.4 Å². The first kappa shape index (κ1) is 41.0. The molecule has 14 atom stereocenters. The molecule has 4 rings (SSSR count). The molecular formula is C36H58FN3O11. The van der Waals surface area contributed by atoms with Crippen molar-refractivity contribution < 1.29 is 56.8 Å². The van der Waals surface area contributed by atoms with E-state index in [0.29, 0.717) is 25.8 Å². The Hall–Kier alpha value is -2.72. The molecule has 0 bridgehead atoms. The van der Waals surface area contributed by atoms with Crippen LogP contribution in [0.3, 0.4) is 0 Å². The van der Waals surface area contributed by atoms with Crippen molar-refractivity contribution in [2.45, 2.75) is 141 Å². The second-order valence-corrected chi connectivity index (χ2v) is 15.7. The quantitative estimate of drug-likeness (QED) is 0.159. The first-order valence-electron chi connectivity index (χ1n) is 18.1. The first-order valence-corrected chi connectivity index (χ1v) is 18.1.